The van der Waals surface area contributed by atoms with Crippen molar-refractivity contribution >= 4 is 12.1 Å². The normalized spacial score (nSPS) is 28.9. The molecular formula is C6H9NO5. The molecule has 0 radical (unpaired) electrons. The average molecular weight is 175 g/mol. The number of carboxylic acid groups (broad SMARTS) is 2. The predicted molar refractivity (Wildman–Crippen MR) is 36.7 cm³/mol. The maximum absolute atomic E-state index is 10.4. The van der Waals surface area contributed by atoms with Crippen LogP contribution in [-0.2, 0) is 4.79 Å². The van der Waals surface area contributed by atoms with Crippen LogP contribution in [0.25, 0.3) is 0 Å². The molecule has 0 aromatic carbocycles. The van der Waals surface area contributed by atoms with Crippen molar-refractivity contribution in [3.8, 4) is 0 Å². The summed E-state index contributed by atoms with van der Waals surface area (Å²) in [7, 11) is 0. The fourth-order valence-corrected chi connectivity index (χ4v) is 1.19. The van der Waals surface area contributed by atoms with Gasteiger partial charge in [0, 0.05) is 6.54 Å². The Bertz CT molecular complexity index is 216. The molecule has 0 aliphatic carbocycles. The first kappa shape index (κ1) is 8.79. The smallest absolute Gasteiger partial charge is 0.407 e. The van der Waals surface area contributed by atoms with Crippen LogP contribution in [0, 0.1) is 5.92 Å². The summed E-state index contributed by atoms with van der Waals surface area (Å²) in [6.07, 6.45) is -2.28. The number of aliphatic carboxylic acids is 1. The number of amides is 1. The molecular weight excluding hydrogens is 166 g/mol. The second-order valence-electron chi connectivity index (χ2n) is 2.70. The van der Waals surface area contributed by atoms with Crippen LogP contribution in [0.1, 0.15) is 0 Å². The van der Waals surface area contributed by atoms with Gasteiger partial charge in [-0.1, -0.05) is 0 Å². The van der Waals surface area contributed by atoms with Gasteiger partial charge in [-0.2, -0.15) is 0 Å². The molecule has 0 spiro atoms. The number of carboxylic acids is 1. The molecule has 12 heavy (non-hydrogen) atoms. The van der Waals surface area contributed by atoms with Gasteiger partial charge in [0.1, 0.15) is 5.92 Å². The van der Waals surface area contributed by atoms with Gasteiger partial charge in [-0.25, -0.2) is 4.79 Å². The van der Waals surface area contributed by atoms with Crippen LogP contribution in [0.4, 0.5) is 4.79 Å². The van der Waals surface area contributed by atoms with E-state index in [9.17, 15) is 9.59 Å². The van der Waals surface area contributed by atoms with Crippen LogP contribution in [0.2, 0.25) is 0 Å². The van der Waals surface area contributed by atoms with Crippen molar-refractivity contribution in [3.05, 3.63) is 0 Å². The number of rotatable bonds is 1. The molecule has 1 saturated heterocycles. The Morgan fingerprint density at radius 2 is 1.83 bits per heavy atom. The van der Waals surface area contributed by atoms with E-state index in [2.05, 4.69) is 0 Å². The molecule has 1 heterocycles. The number of hydrogen-bond acceptors (Lipinski definition) is 3. The van der Waals surface area contributed by atoms with Gasteiger partial charge in [0.25, 0.3) is 0 Å². The highest BCUT2D eigenvalue weighted by atomic mass is 16.4. The van der Waals surface area contributed by atoms with Crippen LogP contribution in [0.3, 0.4) is 0 Å². The molecule has 3 N–H and O–H groups in total. The van der Waals surface area contributed by atoms with Crippen LogP contribution in [-0.4, -0.2) is 51.5 Å². The van der Waals surface area contributed by atoms with E-state index < -0.39 is 24.1 Å². The number of β-amino-alcohol motifs (C(OH)–C–C–N with tert-alkyl or cyclic N) is 1. The first-order chi connectivity index (χ1) is 5.52. The summed E-state index contributed by atoms with van der Waals surface area (Å²) in [4.78, 5) is 21.6. The molecule has 6 heteroatoms. The van der Waals surface area contributed by atoms with E-state index in [1.54, 1.807) is 0 Å². The Kier molecular flexibility index (Phi) is 2.18. The highest BCUT2D eigenvalue weighted by Crippen LogP contribution is 2.16. The van der Waals surface area contributed by atoms with Gasteiger partial charge in [0.15, 0.2) is 0 Å². The summed E-state index contributed by atoms with van der Waals surface area (Å²) < 4.78 is 0. The Morgan fingerprint density at radius 3 is 2.08 bits per heavy atom. The van der Waals surface area contributed by atoms with Crippen LogP contribution >= 0.6 is 0 Å². The lowest BCUT2D eigenvalue weighted by Gasteiger charge is -2.08. The molecule has 1 amide bonds. The molecule has 0 aromatic rings. The molecule has 0 saturated carbocycles. The zero-order valence-corrected chi connectivity index (χ0v) is 6.17. The maximum atomic E-state index is 10.4. The number of aliphatic hydroxyl groups is 1. The van der Waals surface area contributed by atoms with Crippen molar-refractivity contribution < 1.29 is 24.9 Å². The quantitative estimate of drug-likeness (QED) is 0.477. The molecule has 1 rings (SSSR count). The minimum absolute atomic E-state index is 0.119. The SMILES string of the molecule is O=C(O)[C@@H]1CN(C(=O)O)C[C@H]1O. The van der Waals surface area contributed by atoms with Crippen molar-refractivity contribution in [2.75, 3.05) is 13.1 Å². The minimum Gasteiger partial charge on any atom is -0.481 e. The fraction of sp³-hybridized carbons (Fsp3) is 0.667. The van der Waals surface area contributed by atoms with E-state index in [4.69, 9.17) is 15.3 Å². The molecule has 6 nitrogen and oxygen atoms in total. The predicted octanol–water partition coefficient (Wildman–Crippen LogP) is -0.958. The molecule has 68 valence electrons. The Morgan fingerprint density at radius 1 is 1.25 bits per heavy atom. The third-order valence-corrected chi connectivity index (χ3v) is 1.88. The first-order valence-corrected chi connectivity index (χ1v) is 3.41. The van der Waals surface area contributed by atoms with Gasteiger partial charge in [-0.15, -0.1) is 0 Å². The lowest BCUT2D eigenvalue weighted by molar-refractivity contribution is -0.143. The number of nitrogens with zero attached hydrogens (tertiary/aromatic N) is 1. The lowest BCUT2D eigenvalue weighted by atomic mass is 10.1. The fourth-order valence-electron chi connectivity index (χ4n) is 1.19. The topological polar surface area (TPSA) is 98.1 Å². The van der Waals surface area contributed by atoms with Gasteiger partial charge >= 0.3 is 12.1 Å². The third kappa shape index (κ3) is 1.48. The van der Waals surface area contributed by atoms with Gasteiger partial charge in [0.2, 0.25) is 0 Å². The summed E-state index contributed by atoms with van der Waals surface area (Å²) in [5.74, 6) is -2.15. The van der Waals surface area contributed by atoms with Crippen LogP contribution in [0.5, 0.6) is 0 Å². The number of hydrogen-bond donors (Lipinski definition) is 3. The van der Waals surface area contributed by atoms with E-state index in [1.165, 1.54) is 0 Å². The second-order valence-corrected chi connectivity index (χ2v) is 2.70. The second kappa shape index (κ2) is 2.98. The van der Waals surface area contributed by atoms with Gasteiger partial charge in [-0.3, -0.25) is 4.79 Å². The summed E-state index contributed by atoms with van der Waals surface area (Å²) in [5, 5.41) is 26.0. The molecule has 1 aliphatic heterocycles. The van der Waals surface area contributed by atoms with Crippen molar-refractivity contribution in [1.29, 1.82) is 0 Å². The molecule has 1 aliphatic rings. The van der Waals surface area contributed by atoms with Crippen molar-refractivity contribution in [2.45, 2.75) is 6.10 Å². The largest absolute Gasteiger partial charge is 0.481 e. The molecule has 1 fully saturated rings. The Labute approximate surface area is 68.0 Å². The van der Waals surface area contributed by atoms with E-state index in [0.717, 1.165) is 4.90 Å². The number of likely N-dealkylation sites (tertiary alicyclic amines) is 1. The van der Waals surface area contributed by atoms with Crippen molar-refractivity contribution in [2.24, 2.45) is 5.92 Å². The standard InChI is InChI=1S/C6H9NO5/c8-4-2-7(6(11)12)1-3(4)5(9)10/h3-4,8H,1-2H2,(H,9,10)(H,11,12)/t3-,4-/m1/s1. The Hall–Kier alpha value is -1.30. The number of carbonyl (C=O) groups is 2. The zero-order valence-electron chi connectivity index (χ0n) is 6.17. The summed E-state index contributed by atoms with van der Waals surface area (Å²) in [6, 6.07) is 0. The van der Waals surface area contributed by atoms with Crippen LogP contribution < -0.4 is 0 Å². The minimum atomic E-state index is -1.20. The van der Waals surface area contributed by atoms with E-state index in [1.807, 2.05) is 0 Å². The molecule has 0 unspecified atom stereocenters. The van der Waals surface area contributed by atoms with Gasteiger partial charge in [0.05, 0.1) is 12.6 Å². The summed E-state index contributed by atoms with van der Waals surface area (Å²) in [6.45, 7) is -0.252. The summed E-state index contributed by atoms with van der Waals surface area (Å²) in [5.41, 5.74) is 0. The first-order valence-electron chi connectivity index (χ1n) is 3.41. The number of aliphatic hydroxyl groups excluding tert-OH is 1. The van der Waals surface area contributed by atoms with E-state index in [0.29, 0.717) is 0 Å². The summed E-state index contributed by atoms with van der Waals surface area (Å²) >= 11 is 0. The lowest BCUT2D eigenvalue weighted by Crippen LogP contribution is -2.28. The molecule has 0 bridgehead atoms. The zero-order chi connectivity index (χ0) is 9.30. The molecule has 2 atom stereocenters. The van der Waals surface area contributed by atoms with Crippen molar-refractivity contribution in [3.63, 3.8) is 0 Å². The van der Waals surface area contributed by atoms with Crippen molar-refractivity contribution in [1.82, 2.24) is 4.90 Å². The third-order valence-electron chi connectivity index (χ3n) is 1.88. The van der Waals surface area contributed by atoms with Gasteiger partial charge in [-0.05, 0) is 0 Å². The average Bonchev–Trinajstić information content (AvgIpc) is 2.30. The maximum Gasteiger partial charge on any atom is 0.407 e. The van der Waals surface area contributed by atoms with Crippen LogP contribution in [0.15, 0.2) is 0 Å². The molecule has 0 aromatic heterocycles. The Balaban J connectivity index is 2.62. The van der Waals surface area contributed by atoms with Gasteiger partial charge < -0.3 is 20.2 Å². The highest BCUT2D eigenvalue weighted by Gasteiger charge is 2.38. The monoisotopic (exact) mass is 175 g/mol. The van der Waals surface area contributed by atoms with E-state index >= 15 is 0 Å². The highest BCUT2D eigenvalue weighted by molar-refractivity contribution is 5.74. The van der Waals surface area contributed by atoms with E-state index in [-0.39, 0.29) is 13.1 Å².